The largest absolute Gasteiger partial charge is 0.379 e. The van der Waals surface area contributed by atoms with Crippen molar-refractivity contribution in [2.24, 2.45) is 5.92 Å². The average Bonchev–Trinajstić information content (AvgIpc) is 3.21. The summed E-state index contributed by atoms with van der Waals surface area (Å²) in [5.74, 6) is -0.288. The first-order chi connectivity index (χ1) is 16.0. The minimum Gasteiger partial charge on any atom is -0.379 e. The normalized spacial score (nSPS) is 20.1. The van der Waals surface area contributed by atoms with E-state index in [-0.39, 0.29) is 30.2 Å². The Hall–Kier alpha value is -2.41. The van der Waals surface area contributed by atoms with Crippen LogP contribution >= 0.6 is 11.6 Å². The Morgan fingerprint density at radius 1 is 1.12 bits per heavy atom. The SMILES string of the molecule is Cc1ccc(CCN2CC(C(=O)NCC(c3ccc(Cl)cc3)N3CCOCC3)CC2=O)cc1. The van der Waals surface area contributed by atoms with Gasteiger partial charge in [-0.05, 0) is 36.6 Å². The highest BCUT2D eigenvalue weighted by molar-refractivity contribution is 6.30. The van der Waals surface area contributed by atoms with Crippen molar-refractivity contribution in [1.29, 1.82) is 0 Å². The maximum atomic E-state index is 13.0. The van der Waals surface area contributed by atoms with Crippen LogP contribution in [0.2, 0.25) is 5.02 Å². The van der Waals surface area contributed by atoms with Gasteiger partial charge in [0.1, 0.15) is 0 Å². The maximum Gasteiger partial charge on any atom is 0.225 e. The summed E-state index contributed by atoms with van der Waals surface area (Å²) >= 11 is 6.07. The van der Waals surface area contributed by atoms with Gasteiger partial charge in [-0.15, -0.1) is 0 Å². The Kier molecular flexibility index (Phi) is 8.02. The van der Waals surface area contributed by atoms with Crippen molar-refractivity contribution in [2.45, 2.75) is 25.8 Å². The van der Waals surface area contributed by atoms with Crippen LogP contribution in [0.1, 0.15) is 29.2 Å². The first kappa shape index (κ1) is 23.7. The highest BCUT2D eigenvalue weighted by Gasteiger charge is 2.34. The Bertz CT molecular complexity index is 942. The lowest BCUT2D eigenvalue weighted by molar-refractivity contribution is -0.129. The molecular weight excluding hydrogens is 438 g/mol. The fourth-order valence-corrected chi connectivity index (χ4v) is 4.68. The zero-order chi connectivity index (χ0) is 23.2. The number of rotatable bonds is 8. The van der Waals surface area contributed by atoms with Crippen molar-refractivity contribution in [1.82, 2.24) is 15.1 Å². The van der Waals surface area contributed by atoms with Crippen LogP contribution in [0.5, 0.6) is 0 Å². The number of ether oxygens (including phenoxy) is 1. The highest BCUT2D eigenvalue weighted by Crippen LogP contribution is 2.24. The number of hydrogen-bond acceptors (Lipinski definition) is 4. The van der Waals surface area contributed by atoms with E-state index < -0.39 is 0 Å². The van der Waals surface area contributed by atoms with Gasteiger partial charge in [-0.25, -0.2) is 0 Å². The molecule has 2 aliphatic heterocycles. The van der Waals surface area contributed by atoms with Gasteiger partial charge in [0.2, 0.25) is 11.8 Å². The number of morpholine rings is 1. The number of benzene rings is 2. The Morgan fingerprint density at radius 3 is 2.52 bits per heavy atom. The van der Waals surface area contributed by atoms with E-state index in [1.54, 1.807) is 0 Å². The van der Waals surface area contributed by atoms with Gasteiger partial charge in [0.05, 0.1) is 25.2 Å². The van der Waals surface area contributed by atoms with Crippen LogP contribution < -0.4 is 5.32 Å². The van der Waals surface area contributed by atoms with Crippen LogP contribution in [0.25, 0.3) is 0 Å². The molecule has 2 aliphatic rings. The van der Waals surface area contributed by atoms with E-state index in [0.29, 0.717) is 37.9 Å². The number of nitrogens with zero attached hydrogens (tertiary/aromatic N) is 2. The van der Waals surface area contributed by atoms with Gasteiger partial charge in [-0.2, -0.15) is 0 Å². The standard InChI is InChI=1S/C26H32ClN3O3/c1-19-2-4-20(5-3-19)10-11-30-18-22(16-25(30)31)26(32)28-17-24(29-12-14-33-15-13-29)21-6-8-23(27)9-7-21/h2-9,22,24H,10-18H2,1H3,(H,28,32). The molecule has 4 rings (SSSR count). The summed E-state index contributed by atoms with van der Waals surface area (Å²) in [6.45, 7) is 6.69. The molecule has 0 spiro atoms. The number of carbonyl (C=O) groups excluding carboxylic acids is 2. The Balaban J connectivity index is 1.32. The predicted octanol–water partition coefficient (Wildman–Crippen LogP) is 3.23. The fourth-order valence-electron chi connectivity index (χ4n) is 4.56. The second kappa shape index (κ2) is 11.1. The first-order valence-corrected chi connectivity index (χ1v) is 12.1. The molecule has 2 unspecified atom stereocenters. The average molecular weight is 470 g/mol. The molecule has 1 N–H and O–H groups in total. The Morgan fingerprint density at radius 2 is 1.82 bits per heavy atom. The lowest BCUT2D eigenvalue weighted by Crippen LogP contribution is -2.45. The van der Waals surface area contributed by atoms with E-state index >= 15 is 0 Å². The van der Waals surface area contributed by atoms with E-state index in [9.17, 15) is 9.59 Å². The fraction of sp³-hybridized carbons (Fsp3) is 0.462. The van der Waals surface area contributed by atoms with E-state index in [1.807, 2.05) is 29.2 Å². The molecular formula is C26H32ClN3O3. The number of hydrogen-bond donors (Lipinski definition) is 1. The van der Waals surface area contributed by atoms with Gasteiger partial charge >= 0.3 is 0 Å². The molecule has 2 amide bonds. The first-order valence-electron chi connectivity index (χ1n) is 11.7. The van der Waals surface area contributed by atoms with Gasteiger partial charge in [-0.3, -0.25) is 14.5 Å². The molecule has 0 bridgehead atoms. The Labute approximate surface area is 200 Å². The molecule has 0 aromatic heterocycles. The molecule has 2 saturated heterocycles. The van der Waals surface area contributed by atoms with Crippen LogP contribution in [0.15, 0.2) is 48.5 Å². The zero-order valence-electron chi connectivity index (χ0n) is 19.1. The van der Waals surface area contributed by atoms with Gasteiger partial charge in [-0.1, -0.05) is 53.6 Å². The van der Waals surface area contributed by atoms with E-state index in [0.717, 1.165) is 25.1 Å². The summed E-state index contributed by atoms with van der Waals surface area (Å²) in [5.41, 5.74) is 3.54. The molecule has 0 aliphatic carbocycles. The molecule has 6 nitrogen and oxygen atoms in total. The third-order valence-electron chi connectivity index (χ3n) is 6.59. The zero-order valence-corrected chi connectivity index (χ0v) is 19.9. The third kappa shape index (κ3) is 6.34. The molecule has 2 atom stereocenters. The van der Waals surface area contributed by atoms with Crippen molar-refractivity contribution in [3.05, 3.63) is 70.2 Å². The summed E-state index contributed by atoms with van der Waals surface area (Å²) in [7, 11) is 0. The minimum atomic E-state index is -0.300. The number of aryl methyl sites for hydroxylation is 1. The molecule has 2 fully saturated rings. The summed E-state index contributed by atoms with van der Waals surface area (Å²) < 4.78 is 5.50. The second-order valence-corrected chi connectivity index (χ2v) is 9.37. The summed E-state index contributed by atoms with van der Waals surface area (Å²) in [6.07, 6.45) is 1.08. The topological polar surface area (TPSA) is 61.9 Å². The number of amides is 2. The number of carbonyl (C=O) groups is 2. The van der Waals surface area contributed by atoms with E-state index in [4.69, 9.17) is 16.3 Å². The van der Waals surface area contributed by atoms with Crippen LogP contribution in [0, 0.1) is 12.8 Å². The lowest BCUT2D eigenvalue weighted by Gasteiger charge is -2.35. The number of likely N-dealkylation sites (tertiary alicyclic amines) is 1. The summed E-state index contributed by atoms with van der Waals surface area (Å²) in [6, 6.07) is 16.2. The van der Waals surface area contributed by atoms with Crippen molar-refractivity contribution in [3.63, 3.8) is 0 Å². The van der Waals surface area contributed by atoms with Crippen LogP contribution in [0.3, 0.4) is 0 Å². The quantitative estimate of drug-likeness (QED) is 0.644. The molecule has 33 heavy (non-hydrogen) atoms. The summed E-state index contributed by atoms with van der Waals surface area (Å²) in [4.78, 5) is 29.6. The monoisotopic (exact) mass is 469 g/mol. The molecule has 2 aromatic rings. The van der Waals surface area contributed by atoms with Gasteiger partial charge in [0.25, 0.3) is 0 Å². The van der Waals surface area contributed by atoms with Gasteiger partial charge in [0, 0.05) is 44.2 Å². The van der Waals surface area contributed by atoms with Crippen LogP contribution in [-0.2, 0) is 20.7 Å². The number of halogens is 1. The van der Waals surface area contributed by atoms with Crippen molar-refractivity contribution in [2.75, 3.05) is 45.9 Å². The second-order valence-electron chi connectivity index (χ2n) is 8.94. The lowest BCUT2D eigenvalue weighted by atomic mass is 10.0. The maximum absolute atomic E-state index is 13.0. The molecule has 0 radical (unpaired) electrons. The minimum absolute atomic E-state index is 0.0462. The van der Waals surface area contributed by atoms with E-state index in [2.05, 4.69) is 41.4 Å². The molecule has 176 valence electrons. The number of nitrogens with one attached hydrogen (secondary N) is 1. The van der Waals surface area contributed by atoms with Gasteiger partial charge < -0.3 is 15.0 Å². The third-order valence-corrected chi connectivity index (χ3v) is 6.84. The smallest absolute Gasteiger partial charge is 0.225 e. The van der Waals surface area contributed by atoms with Crippen molar-refractivity contribution < 1.29 is 14.3 Å². The molecule has 2 aromatic carbocycles. The molecule has 7 heteroatoms. The van der Waals surface area contributed by atoms with Gasteiger partial charge in [0.15, 0.2) is 0 Å². The van der Waals surface area contributed by atoms with E-state index in [1.165, 1.54) is 11.1 Å². The van der Waals surface area contributed by atoms with Crippen LogP contribution in [0.4, 0.5) is 0 Å². The molecule has 2 heterocycles. The van der Waals surface area contributed by atoms with Crippen LogP contribution in [-0.4, -0.2) is 67.6 Å². The predicted molar refractivity (Wildman–Crippen MR) is 129 cm³/mol. The van der Waals surface area contributed by atoms with Crippen molar-refractivity contribution >= 4 is 23.4 Å². The van der Waals surface area contributed by atoms with Crippen molar-refractivity contribution in [3.8, 4) is 0 Å². The summed E-state index contributed by atoms with van der Waals surface area (Å²) in [5, 5.41) is 3.82. The molecule has 0 saturated carbocycles. The highest BCUT2D eigenvalue weighted by atomic mass is 35.5.